The first kappa shape index (κ1) is 16.3. The zero-order chi connectivity index (χ0) is 17.0. The maximum Gasteiger partial charge on any atom is 0.241 e. The number of nitrogens with one attached hydrogen (secondary N) is 1. The van der Waals surface area contributed by atoms with Crippen molar-refractivity contribution in [3.63, 3.8) is 0 Å². The van der Waals surface area contributed by atoms with Crippen molar-refractivity contribution in [2.45, 2.75) is 11.8 Å². The van der Waals surface area contributed by atoms with Gasteiger partial charge in [0.25, 0.3) is 0 Å². The standard InChI is InChI=1S/C20H17NO2S/c1-16-11-13-19(14-12-16)24(22,23)21-15-5-9-18-8-4-7-17-6-2-3-10-20(17)18/h2-4,6-8,10-14,21H,15H2,1H3. The van der Waals surface area contributed by atoms with Crippen molar-refractivity contribution in [3.05, 3.63) is 77.9 Å². The minimum absolute atomic E-state index is 0.0689. The van der Waals surface area contributed by atoms with E-state index in [0.29, 0.717) is 0 Å². The van der Waals surface area contributed by atoms with Crippen LogP contribution in [0.3, 0.4) is 0 Å². The zero-order valence-corrected chi connectivity index (χ0v) is 14.1. The van der Waals surface area contributed by atoms with Gasteiger partial charge < -0.3 is 0 Å². The first-order chi connectivity index (χ1) is 11.6. The van der Waals surface area contributed by atoms with Gasteiger partial charge in [0.05, 0.1) is 11.4 Å². The molecule has 4 heteroatoms. The number of hydrogen-bond donors (Lipinski definition) is 1. The summed E-state index contributed by atoms with van der Waals surface area (Å²) < 4.78 is 26.9. The van der Waals surface area contributed by atoms with Gasteiger partial charge >= 0.3 is 0 Å². The Labute approximate surface area is 142 Å². The average Bonchev–Trinajstić information content (AvgIpc) is 2.59. The van der Waals surface area contributed by atoms with Crippen LogP contribution in [0.4, 0.5) is 0 Å². The maximum absolute atomic E-state index is 12.2. The lowest BCUT2D eigenvalue weighted by molar-refractivity contribution is 0.586. The highest BCUT2D eigenvalue weighted by molar-refractivity contribution is 7.89. The van der Waals surface area contributed by atoms with Crippen molar-refractivity contribution in [2.24, 2.45) is 0 Å². The van der Waals surface area contributed by atoms with Gasteiger partial charge in [-0.15, -0.1) is 0 Å². The second-order valence-electron chi connectivity index (χ2n) is 5.47. The zero-order valence-electron chi connectivity index (χ0n) is 13.3. The summed E-state index contributed by atoms with van der Waals surface area (Å²) in [7, 11) is -3.53. The molecule has 0 aliphatic carbocycles. The molecule has 0 aromatic heterocycles. The molecule has 3 nitrogen and oxygen atoms in total. The third kappa shape index (κ3) is 3.65. The van der Waals surface area contributed by atoms with Gasteiger partial charge in [-0.3, -0.25) is 0 Å². The van der Waals surface area contributed by atoms with Gasteiger partial charge in [-0.05, 0) is 35.9 Å². The Balaban J connectivity index is 1.75. The van der Waals surface area contributed by atoms with Gasteiger partial charge in [0.1, 0.15) is 0 Å². The first-order valence-electron chi connectivity index (χ1n) is 7.59. The number of rotatable bonds is 3. The van der Waals surface area contributed by atoms with E-state index >= 15 is 0 Å². The third-order valence-electron chi connectivity index (χ3n) is 3.69. The summed E-state index contributed by atoms with van der Waals surface area (Å²) in [5.74, 6) is 5.93. The lowest BCUT2D eigenvalue weighted by Gasteiger charge is -2.04. The molecule has 0 saturated carbocycles. The Morgan fingerprint density at radius 2 is 1.62 bits per heavy atom. The highest BCUT2D eigenvalue weighted by atomic mass is 32.2. The molecule has 1 N–H and O–H groups in total. The molecule has 0 saturated heterocycles. The van der Waals surface area contributed by atoms with Crippen LogP contribution in [0.1, 0.15) is 11.1 Å². The number of sulfonamides is 1. The van der Waals surface area contributed by atoms with E-state index in [9.17, 15) is 8.42 Å². The van der Waals surface area contributed by atoms with E-state index in [0.717, 1.165) is 21.9 Å². The fraction of sp³-hybridized carbons (Fsp3) is 0.100. The summed E-state index contributed by atoms with van der Waals surface area (Å²) in [6.45, 7) is 1.99. The van der Waals surface area contributed by atoms with Crippen LogP contribution in [-0.2, 0) is 10.0 Å². The van der Waals surface area contributed by atoms with E-state index < -0.39 is 10.0 Å². The maximum atomic E-state index is 12.2. The summed E-state index contributed by atoms with van der Waals surface area (Å²) >= 11 is 0. The van der Waals surface area contributed by atoms with Crippen molar-refractivity contribution >= 4 is 20.8 Å². The molecular formula is C20H17NO2S. The average molecular weight is 335 g/mol. The quantitative estimate of drug-likeness (QED) is 0.745. The number of benzene rings is 3. The van der Waals surface area contributed by atoms with Crippen LogP contribution in [0.15, 0.2) is 71.6 Å². The van der Waals surface area contributed by atoms with Crippen molar-refractivity contribution in [1.29, 1.82) is 0 Å². The number of hydrogen-bond acceptors (Lipinski definition) is 2. The lowest BCUT2D eigenvalue weighted by Crippen LogP contribution is -2.23. The van der Waals surface area contributed by atoms with E-state index in [1.54, 1.807) is 24.3 Å². The molecule has 0 aliphatic heterocycles. The summed E-state index contributed by atoms with van der Waals surface area (Å²) in [4.78, 5) is 0.250. The van der Waals surface area contributed by atoms with E-state index in [1.165, 1.54) is 0 Å². The van der Waals surface area contributed by atoms with Crippen molar-refractivity contribution in [3.8, 4) is 11.8 Å². The molecule has 24 heavy (non-hydrogen) atoms. The van der Waals surface area contributed by atoms with Crippen molar-refractivity contribution in [2.75, 3.05) is 6.54 Å². The molecule has 3 aromatic rings. The lowest BCUT2D eigenvalue weighted by atomic mass is 10.1. The summed E-state index contributed by atoms with van der Waals surface area (Å²) in [6, 6.07) is 20.6. The first-order valence-corrected chi connectivity index (χ1v) is 9.07. The fourth-order valence-corrected chi connectivity index (χ4v) is 3.33. The Kier molecular flexibility index (Phi) is 4.66. The number of aryl methyl sites for hydroxylation is 1. The third-order valence-corrected chi connectivity index (χ3v) is 5.11. The van der Waals surface area contributed by atoms with Crippen LogP contribution < -0.4 is 4.72 Å². The topological polar surface area (TPSA) is 46.2 Å². The molecule has 0 radical (unpaired) electrons. The Morgan fingerprint density at radius 1 is 0.917 bits per heavy atom. The fourth-order valence-electron chi connectivity index (χ4n) is 2.41. The van der Waals surface area contributed by atoms with Crippen LogP contribution in [0, 0.1) is 18.8 Å². The molecule has 0 atom stereocenters. The molecule has 0 amide bonds. The monoisotopic (exact) mass is 335 g/mol. The highest BCUT2D eigenvalue weighted by Gasteiger charge is 2.11. The van der Waals surface area contributed by atoms with Crippen LogP contribution in [-0.4, -0.2) is 15.0 Å². The summed E-state index contributed by atoms with van der Waals surface area (Å²) in [5.41, 5.74) is 1.91. The predicted octanol–water partition coefficient (Wildman–Crippen LogP) is 3.48. The molecule has 3 aromatic carbocycles. The molecule has 0 heterocycles. The summed E-state index contributed by atoms with van der Waals surface area (Å²) in [5, 5.41) is 2.18. The van der Waals surface area contributed by atoms with Gasteiger partial charge in [0, 0.05) is 5.56 Å². The molecular weight excluding hydrogens is 318 g/mol. The van der Waals surface area contributed by atoms with E-state index in [2.05, 4.69) is 16.6 Å². The highest BCUT2D eigenvalue weighted by Crippen LogP contribution is 2.17. The predicted molar refractivity (Wildman–Crippen MR) is 97.2 cm³/mol. The molecule has 0 bridgehead atoms. The van der Waals surface area contributed by atoms with E-state index in [4.69, 9.17) is 0 Å². The summed E-state index contributed by atoms with van der Waals surface area (Å²) in [6.07, 6.45) is 0. The minimum atomic E-state index is -3.53. The van der Waals surface area contributed by atoms with Crippen molar-refractivity contribution in [1.82, 2.24) is 4.72 Å². The van der Waals surface area contributed by atoms with Crippen LogP contribution in [0.2, 0.25) is 0 Å². The Bertz CT molecular complexity index is 1020. The van der Waals surface area contributed by atoms with Crippen LogP contribution in [0.5, 0.6) is 0 Å². The SMILES string of the molecule is Cc1ccc(S(=O)(=O)NCC#Cc2cccc3ccccc23)cc1. The Hall–Kier alpha value is -2.61. The normalized spacial score (nSPS) is 11.0. The van der Waals surface area contributed by atoms with Gasteiger partial charge in [0.15, 0.2) is 0 Å². The van der Waals surface area contributed by atoms with Crippen molar-refractivity contribution < 1.29 is 8.42 Å². The van der Waals surface area contributed by atoms with Gasteiger partial charge in [-0.25, -0.2) is 8.42 Å². The van der Waals surface area contributed by atoms with Gasteiger partial charge in [-0.2, -0.15) is 4.72 Å². The van der Waals surface area contributed by atoms with Crippen LogP contribution >= 0.6 is 0 Å². The molecule has 0 unspecified atom stereocenters. The molecule has 0 aliphatic rings. The molecule has 3 rings (SSSR count). The van der Waals surface area contributed by atoms with Gasteiger partial charge in [-0.1, -0.05) is 65.9 Å². The second-order valence-corrected chi connectivity index (χ2v) is 7.23. The molecule has 120 valence electrons. The Morgan fingerprint density at radius 3 is 2.42 bits per heavy atom. The van der Waals surface area contributed by atoms with E-state index in [-0.39, 0.29) is 11.4 Å². The largest absolute Gasteiger partial charge is 0.241 e. The minimum Gasteiger partial charge on any atom is -0.207 e. The molecule has 0 fully saturated rings. The van der Waals surface area contributed by atoms with Gasteiger partial charge in [0.2, 0.25) is 10.0 Å². The second kappa shape index (κ2) is 6.88. The molecule has 0 spiro atoms. The smallest absolute Gasteiger partial charge is 0.207 e. The van der Waals surface area contributed by atoms with E-state index in [1.807, 2.05) is 49.4 Å². The number of fused-ring (bicyclic) bond motifs is 1. The van der Waals surface area contributed by atoms with Crippen LogP contribution in [0.25, 0.3) is 10.8 Å².